The van der Waals surface area contributed by atoms with Gasteiger partial charge in [-0.3, -0.25) is 4.79 Å². The van der Waals surface area contributed by atoms with E-state index in [1.165, 1.54) is 16.7 Å². The lowest BCUT2D eigenvalue weighted by molar-refractivity contribution is -0.121. The van der Waals surface area contributed by atoms with Crippen molar-refractivity contribution in [2.75, 3.05) is 20.1 Å². The highest BCUT2D eigenvalue weighted by Crippen LogP contribution is 2.31. The molecular weight excluding hydrogens is 338 g/mol. The molecule has 0 fully saturated rings. The van der Waals surface area contributed by atoms with Gasteiger partial charge in [0.25, 0.3) is 0 Å². The Morgan fingerprint density at radius 1 is 1.30 bits per heavy atom. The van der Waals surface area contributed by atoms with E-state index in [4.69, 9.17) is 0 Å². The fraction of sp³-hybridized carbons (Fsp3) is 0.524. The Kier molecular flexibility index (Phi) is 6.50. The summed E-state index contributed by atoms with van der Waals surface area (Å²) in [6, 6.07) is 8.73. The van der Waals surface area contributed by atoms with Crippen LogP contribution in [0.4, 0.5) is 0 Å². The van der Waals surface area contributed by atoms with Crippen LogP contribution in [0.1, 0.15) is 56.0 Å². The number of hydrogen-bond donors (Lipinski definition) is 1. The monoisotopic (exact) mass is 367 g/mol. The van der Waals surface area contributed by atoms with Gasteiger partial charge >= 0.3 is 0 Å². The van der Waals surface area contributed by atoms with Gasteiger partial charge in [0.05, 0.1) is 0 Å². The maximum Gasteiger partial charge on any atom is 0.152 e. The first kappa shape index (κ1) is 19.4. The number of likely N-dealkylation sites (N-methyl/N-ethyl adjacent to an activating group) is 1. The molecule has 0 amide bonds. The molecule has 0 unspecified atom stereocenters. The molecule has 0 spiro atoms. The SMILES string of the molecule is CCC[C@H](C(C)=O)[C@H](Cc1ccc(C2=CCCN(C)C2)cc1)c1nnn[nH]1. The second kappa shape index (κ2) is 9.04. The number of hydrogen-bond acceptors (Lipinski definition) is 5. The van der Waals surface area contributed by atoms with Crippen LogP contribution in [0, 0.1) is 5.92 Å². The Morgan fingerprint density at radius 2 is 2.07 bits per heavy atom. The van der Waals surface area contributed by atoms with Crippen LogP contribution in [0.25, 0.3) is 5.57 Å². The molecule has 27 heavy (non-hydrogen) atoms. The number of nitrogens with one attached hydrogen (secondary N) is 1. The zero-order valence-electron chi connectivity index (χ0n) is 16.5. The first-order chi connectivity index (χ1) is 13.1. The second-order valence-corrected chi connectivity index (χ2v) is 7.56. The molecule has 1 N–H and O–H groups in total. The van der Waals surface area contributed by atoms with Crippen molar-refractivity contribution in [2.45, 2.75) is 45.4 Å². The molecule has 0 bridgehead atoms. The number of benzene rings is 1. The quantitative estimate of drug-likeness (QED) is 0.775. The van der Waals surface area contributed by atoms with Gasteiger partial charge in [0.1, 0.15) is 5.78 Å². The topological polar surface area (TPSA) is 74.8 Å². The van der Waals surface area contributed by atoms with Crippen LogP contribution in [-0.2, 0) is 11.2 Å². The summed E-state index contributed by atoms with van der Waals surface area (Å²) in [5.41, 5.74) is 3.87. The zero-order valence-corrected chi connectivity index (χ0v) is 16.5. The smallest absolute Gasteiger partial charge is 0.152 e. The average Bonchev–Trinajstić information content (AvgIpc) is 3.19. The molecule has 1 aromatic heterocycles. The summed E-state index contributed by atoms with van der Waals surface area (Å²) in [5.74, 6) is 0.803. The summed E-state index contributed by atoms with van der Waals surface area (Å²) >= 11 is 0. The molecule has 0 saturated heterocycles. The van der Waals surface area contributed by atoms with Crippen molar-refractivity contribution in [1.82, 2.24) is 25.5 Å². The number of aromatic nitrogens is 4. The van der Waals surface area contributed by atoms with E-state index >= 15 is 0 Å². The minimum Gasteiger partial charge on any atom is -0.302 e. The lowest BCUT2D eigenvalue weighted by Gasteiger charge is -2.24. The molecule has 6 nitrogen and oxygen atoms in total. The molecule has 2 heterocycles. The van der Waals surface area contributed by atoms with Crippen LogP contribution >= 0.6 is 0 Å². The Balaban J connectivity index is 1.79. The Hall–Kier alpha value is -2.34. The number of Topliss-reactive ketones (excluding diaryl/α,β-unsaturated/α-hetero) is 1. The summed E-state index contributed by atoms with van der Waals surface area (Å²) in [6.45, 7) is 5.90. The highest BCUT2D eigenvalue weighted by Gasteiger charge is 2.29. The van der Waals surface area contributed by atoms with Gasteiger partial charge in [-0.25, -0.2) is 5.10 Å². The van der Waals surface area contributed by atoms with Crippen LogP contribution in [0.2, 0.25) is 0 Å². The van der Waals surface area contributed by atoms with Gasteiger partial charge in [0.2, 0.25) is 0 Å². The van der Waals surface area contributed by atoms with Crippen LogP contribution < -0.4 is 0 Å². The normalized spacial score (nSPS) is 17.4. The predicted octanol–water partition coefficient (Wildman–Crippen LogP) is 3.25. The van der Waals surface area contributed by atoms with E-state index in [1.54, 1.807) is 6.92 Å². The first-order valence-corrected chi connectivity index (χ1v) is 9.79. The van der Waals surface area contributed by atoms with E-state index in [0.717, 1.165) is 38.8 Å². The van der Waals surface area contributed by atoms with Crippen molar-refractivity contribution in [3.8, 4) is 0 Å². The van der Waals surface area contributed by atoms with Crippen molar-refractivity contribution >= 4 is 11.4 Å². The number of ketones is 1. The Morgan fingerprint density at radius 3 is 2.67 bits per heavy atom. The molecule has 0 saturated carbocycles. The second-order valence-electron chi connectivity index (χ2n) is 7.56. The minimum atomic E-state index is -0.0703. The van der Waals surface area contributed by atoms with Crippen molar-refractivity contribution in [3.05, 3.63) is 47.3 Å². The van der Waals surface area contributed by atoms with E-state index in [1.807, 2.05) is 0 Å². The first-order valence-electron chi connectivity index (χ1n) is 9.79. The number of carbonyl (C=O) groups excluding carboxylic acids is 1. The largest absolute Gasteiger partial charge is 0.302 e. The van der Waals surface area contributed by atoms with Gasteiger partial charge in [-0.05, 0) is 60.4 Å². The van der Waals surface area contributed by atoms with E-state index < -0.39 is 0 Å². The van der Waals surface area contributed by atoms with Crippen molar-refractivity contribution in [2.24, 2.45) is 5.92 Å². The van der Waals surface area contributed by atoms with E-state index in [0.29, 0.717) is 5.82 Å². The highest BCUT2D eigenvalue weighted by atomic mass is 16.1. The molecule has 3 rings (SSSR count). The summed E-state index contributed by atoms with van der Waals surface area (Å²) < 4.78 is 0. The zero-order chi connectivity index (χ0) is 19.2. The van der Waals surface area contributed by atoms with Gasteiger partial charge in [-0.2, -0.15) is 0 Å². The van der Waals surface area contributed by atoms with Gasteiger partial charge < -0.3 is 4.90 Å². The van der Waals surface area contributed by atoms with E-state index in [9.17, 15) is 4.79 Å². The van der Waals surface area contributed by atoms with Crippen LogP contribution in [-0.4, -0.2) is 51.4 Å². The maximum absolute atomic E-state index is 12.3. The summed E-state index contributed by atoms with van der Waals surface area (Å²) in [7, 11) is 2.16. The van der Waals surface area contributed by atoms with Crippen molar-refractivity contribution in [1.29, 1.82) is 0 Å². The fourth-order valence-electron chi connectivity index (χ4n) is 3.96. The van der Waals surface area contributed by atoms with E-state index in [2.05, 4.69) is 69.8 Å². The minimum absolute atomic E-state index is 0.0247. The molecule has 1 aliphatic rings. The van der Waals surface area contributed by atoms with Crippen LogP contribution in [0.5, 0.6) is 0 Å². The van der Waals surface area contributed by atoms with Crippen molar-refractivity contribution in [3.63, 3.8) is 0 Å². The number of carbonyl (C=O) groups is 1. The van der Waals surface area contributed by atoms with Gasteiger partial charge in [-0.15, -0.1) is 5.10 Å². The van der Waals surface area contributed by atoms with Gasteiger partial charge in [0, 0.05) is 24.9 Å². The molecular formula is C21H29N5O. The predicted molar refractivity (Wildman–Crippen MR) is 106 cm³/mol. The van der Waals surface area contributed by atoms with Gasteiger partial charge in [0.15, 0.2) is 5.82 Å². The molecule has 0 aliphatic carbocycles. The molecule has 1 aromatic carbocycles. The van der Waals surface area contributed by atoms with E-state index in [-0.39, 0.29) is 17.6 Å². The lowest BCUT2D eigenvalue weighted by atomic mass is 9.81. The van der Waals surface area contributed by atoms with Crippen molar-refractivity contribution < 1.29 is 4.79 Å². The molecule has 2 atom stereocenters. The number of aromatic amines is 1. The third-order valence-electron chi connectivity index (χ3n) is 5.44. The van der Waals surface area contributed by atoms with Crippen LogP contribution in [0.15, 0.2) is 30.3 Å². The maximum atomic E-state index is 12.3. The lowest BCUT2D eigenvalue weighted by Crippen LogP contribution is -2.25. The number of tetrazole rings is 1. The number of nitrogens with zero attached hydrogens (tertiary/aromatic N) is 4. The Bertz CT molecular complexity index is 766. The summed E-state index contributed by atoms with van der Waals surface area (Å²) in [4.78, 5) is 14.6. The fourth-order valence-corrected chi connectivity index (χ4v) is 3.96. The molecule has 144 valence electrons. The highest BCUT2D eigenvalue weighted by molar-refractivity contribution is 5.79. The molecule has 2 aromatic rings. The number of H-pyrrole nitrogens is 1. The third-order valence-corrected chi connectivity index (χ3v) is 5.44. The summed E-state index contributed by atoms with van der Waals surface area (Å²) in [6.07, 6.45) is 6.00. The summed E-state index contributed by atoms with van der Waals surface area (Å²) in [5, 5.41) is 14.4. The van der Waals surface area contributed by atoms with Crippen LogP contribution in [0.3, 0.4) is 0 Å². The molecule has 6 heteroatoms. The Labute approximate surface area is 161 Å². The average molecular weight is 367 g/mol. The standard InChI is InChI=1S/C21H29N5O/c1-4-6-19(15(2)27)20(21-22-24-25-23-21)13-16-8-10-17(11-9-16)18-7-5-12-26(3)14-18/h7-11,19-20H,4-6,12-14H2,1-3H3,(H,22,23,24,25)/t19-,20+/m1/s1. The molecule has 1 aliphatic heterocycles. The molecule has 0 radical (unpaired) electrons. The van der Waals surface area contributed by atoms with Gasteiger partial charge in [-0.1, -0.05) is 43.7 Å². The third kappa shape index (κ3) is 4.89. The number of rotatable bonds is 8.